The second-order valence-electron chi connectivity index (χ2n) is 5.81. The summed E-state index contributed by atoms with van der Waals surface area (Å²) in [5.41, 5.74) is 6.35. The van der Waals surface area contributed by atoms with Gasteiger partial charge in [-0.15, -0.1) is 0 Å². The Morgan fingerprint density at radius 2 is 1.88 bits per heavy atom. The number of ether oxygens (including phenoxy) is 1. The Balaban J connectivity index is 2.06. The lowest BCUT2D eigenvalue weighted by molar-refractivity contribution is -0.120. The Morgan fingerprint density at radius 1 is 1.17 bits per heavy atom. The molecule has 3 N–H and O–H groups in total. The maximum atomic E-state index is 12.3. The first kappa shape index (κ1) is 17.5. The van der Waals surface area contributed by atoms with E-state index in [4.69, 9.17) is 10.5 Å². The van der Waals surface area contributed by atoms with E-state index in [1.54, 1.807) is 36.4 Å². The number of pyridine rings is 1. The third-order valence-electron chi connectivity index (χ3n) is 3.26. The molecule has 0 saturated carbocycles. The van der Waals surface area contributed by atoms with E-state index in [2.05, 4.69) is 10.3 Å². The summed E-state index contributed by atoms with van der Waals surface area (Å²) in [5, 5.41) is 2.62. The van der Waals surface area contributed by atoms with Gasteiger partial charge >= 0.3 is 0 Å². The molecule has 0 fully saturated rings. The fourth-order valence-corrected chi connectivity index (χ4v) is 2.03. The molecule has 24 heavy (non-hydrogen) atoms. The summed E-state index contributed by atoms with van der Waals surface area (Å²) in [4.78, 5) is 28.0. The van der Waals surface area contributed by atoms with Gasteiger partial charge in [0.05, 0.1) is 12.2 Å². The van der Waals surface area contributed by atoms with E-state index in [1.165, 1.54) is 6.20 Å². The summed E-state index contributed by atoms with van der Waals surface area (Å²) >= 11 is 0. The van der Waals surface area contributed by atoms with Gasteiger partial charge in [0.2, 0.25) is 11.8 Å². The smallest absolute Gasteiger partial charge is 0.253 e. The number of rotatable bonds is 7. The molecule has 2 rings (SSSR count). The third kappa shape index (κ3) is 4.81. The molecule has 2 aromatic rings. The third-order valence-corrected chi connectivity index (χ3v) is 3.26. The fraction of sp³-hybridized carbons (Fsp3) is 0.278. The zero-order chi connectivity index (χ0) is 17.5. The van der Waals surface area contributed by atoms with E-state index in [0.717, 1.165) is 0 Å². The maximum absolute atomic E-state index is 12.3. The topological polar surface area (TPSA) is 94.3 Å². The Labute approximate surface area is 141 Å². The molecular weight excluding hydrogens is 306 g/mol. The van der Waals surface area contributed by atoms with Gasteiger partial charge in [-0.25, -0.2) is 4.98 Å². The minimum atomic E-state index is -0.893. The zero-order valence-corrected chi connectivity index (χ0v) is 13.7. The molecule has 1 aromatic heterocycles. The van der Waals surface area contributed by atoms with Crippen LogP contribution in [0.25, 0.3) is 0 Å². The quantitative estimate of drug-likeness (QED) is 0.814. The summed E-state index contributed by atoms with van der Waals surface area (Å²) in [6.07, 6.45) is 1.41. The first-order valence-electron chi connectivity index (χ1n) is 7.71. The SMILES string of the molecule is CC(C)COc1ccc(C(=O)N[C@@H](C(N)=O)c2ccccc2)cn1. The van der Waals surface area contributed by atoms with Crippen LogP contribution in [0.15, 0.2) is 48.7 Å². The molecule has 0 unspecified atom stereocenters. The average Bonchev–Trinajstić information content (AvgIpc) is 2.58. The monoisotopic (exact) mass is 327 g/mol. The van der Waals surface area contributed by atoms with Crippen molar-refractivity contribution in [2.45, 2.75) is 19.9 Å². The summed E-state index contributed by atoms with van der Waals surface area (Å²) < 4.78 is 5.47. The predicted molar refractivity (Wildman–Crippen MR) is 90.4 cm³/mol. The molecule has 0 radical (unpaired) electrons. The van der Waals surface area contributed by atoms with E-state index >= 15 is 0 Å². The van der Waals surface area contributed by atoms with Crippen LogP contribution in [0.2, 0.25) is 0 Å². The van der Waals surface area contributed by atoms with Crippen LogP contribution in [0.3, 0.4) is 0 Å². The highest BCUT2D eigenvalue weighted by Gasteiger charge is 2.20. The molecule has 0 aliphatic rings. The molecule has 1 heterocycles. The van der Waals surface area contributed by atoms with Crippen molar-refractivity contribution in [2.24, 2.45) is 11.7 Å². The molecule has 2 amide bonds. The van der Waals surface area contributed by atoms with Gasteiger partial charge in [0.15, 0.2) is 0 Å². The van der Waals surface area contributed by atoms with Gasteiger partial charge < -0.3 is 15.8 Å². The molecule has 0 aliphatic carbocycles. The van der Waals surface area contributed by atoms with Crippen LogP contribution < -0.4 is 15.8 Å². The lowest BCUT2D eigenvalue weighted by Gasteiger charge is -2.16. The van der Waals surface area contributed by atoms with Gasteiger partial charge in [0.1, 0.15) is 6.04 Å². The largest absolute Gasteiger partial charge is 0.477 e. The van der Waals surface area contributed by atoms with Gasteiger partial charge in [-0.3, -0.25) is 9.59 Å². The minimum absolute atomic E-state index is 0.328. The number of nitrogens with two attached hydrogens (primary N) is 1. The number of nitrogens with zero attached hydrogens (tertiary/aromatic N) is 1. The number of aromatic nitrogens is 1. The number of primary amides is 1. The Kier molecular flexibility index (Phi) is 5.89. The molecule has 6 nitrogen and oxygen atoms in total. The van der Waals surface area contributed by atoms with Crippen molar-refractivity contribution in [1.29, 1.82) is 0 Å². The van der Waals surface area contributed by atoms with Gasteiger partial charge in [0.25, 0.3) is 5.91 Å². The number of amides is 2. The van der Waals surface area contributed by atoms with E-state index in [-0.39, 0.29) is 0 Å². The van der Waals surface area contributed by atoms with E-state index in [0.29, 0.717) is 29.5 Å². The number of benzene rings is 1. The Hall–Kier alpha value is -2.89. The summed E-state index contributed by atoms with van der Waals surface area (Å²) in [5.74, 6) is -0.211. The molecule has 0 saturated heterocycles. The van der Waals surface area contributed by atoms with Crippen LogP contribution in [0.5, 0.6) is 5.88 Å². The van der Waals surface area contributed by atoms with Crippen LogP contribution >= 0.6 is 0 Å². The maximum Gasteiger partial charge on any atom is 0.253 e. The number of carbonyl (C=O) groups excluding carboxylic acids is 2. The van der Waals surface area contributed by atoms with Crippen molar-refractivity contribution in [3.8, 4) is 5.88 Å². The molecule has 126 valence electrons. The Morgan fingerprint density at radius 3 is 2.42 bits per heavy atom. The molecule has 0 spiro atoms. The minimum Gasteiger partial charge on any atom is -0.477 e. The van der Waals surface area contributed by atoms with Crippen LogP contribution in [0.4, 0.5) is 0 Å². The Bertz CT molecular complexity index is 684. The number of carbonyl (C=O) groups is 2. The van der Waals surface area contributed by atoms with Gasteiger partial charge in [-0.1, -0.05) is 44.2 Å². The highest BCUT2D eigenvalue weighted by Crippen LogP contribution is 2.14. The molecule has 6 heteroatoms. The molecule has 1 atom stereocenters. The number of nitrogens with one attached hydrogen (secondary N) is 1. The van der Waals surface area contributed by atoms with Crippen molar-refractivity contribution in [3.63, 3.8) is 0 Å². The van der Waals surface area contributed by atoms with E-state index in [9.17, 15) is 9.59 Å². The summed E-state index contributed by atoms with van der Waals surface area (Å²) in [6, 6.07) is 11.2. The highest BCUT2D eigenvalue weighted by molar-refractivity contribution is 5.97. The lowest BCUT2D eigenvalue weighted by atomic mass is 10.1. The van der Waals surface area contributed by atoms with Crippen molar-refractivity contribution < 1.29 is 14.3 Å². The average molecular weight is 327 g/mol. The summed E-state index contributed by atoms with van der Waals surface area (Å²) in [6.45, 7) is 4.63. The van der Waals surface area contributed by atoms with Crippen LogP contribution in [-0.2, 0) is 4.79 Å². The fourth-order valence-electron chi connectivity index (χ4n) is 2.03. The highest BCUT2D eigenvalue weighted by atomic mass is 16.5. The molecule has 0 aliphatic heterocycles. The van der Waals surface area contributed by atoms with Crippen molar-refractivity contribution >= 4 is 11.8 Å². The van der Waals surface area contributed by atoms with Crippen LogP contribution in [-0.4, -0.2) is 23.4 Å². The number of hydrogen-bond donors (Lipinski definition) is 2. The van der Waals surface area contributed by atoms with Crippen LogP contribution in [0, 0.1) is 5.92 Å². The second kappa shape index (κ2) is 8.10. The lowest BCUT2D eigenvalue weighted by Crippen LogP contribution is -2.37. The van der Waals surface area contributed by atoms with Crippen molar-refractivity contribution in [1.82, 2.24) is 10.3 Å². The normalized spacial score (nSPS) is 11.8. The van der Waals surface area contributed by atoms with Gasteiger partial charge in [0, 0.05) is 12.3 Å². The van der Waals surface area contributed by atoms with Crippen molar-refractivity contribution in [2.75, 3.05) is 6.61 Å². The standard InChI is InChI=1S/C18H21N3O3/c1-12(2)11-24-15-9-8-14(10-20-15)18(23)21-16(17(19)22)13-6-4-3-5-7-13/h3-10,12,16H,11H2,1-2H3,(H2,19,22)(H,21,23)/t16-/m1/s1. The molecule has 0 bridgehead atoms. The second-order valence-corrected chi connectivity index (χ2v) is 5.81. The predicted octanol–water partition coefficient (Wildman–Crippen LogP) is 2.07. The van der Waals surface area contributed by atoms with E-state index in [1.807, 2.05) is 19.9 Å². The zero-order valence-electron chi connectivity index (χ0n) is 13.7. The molecular formula is C18H21N3O3. The summed E-state index contributed by atoms with van der Waals surface area (Å²) in [7, 11) is 0. The van der Waals surface area contributed by atoms with E-state index < -0.39 is 17.9 Å². The van der Waals surface area contributed by atoms with Crippen LogP contribution in [0.1, 0.15) is 35.8 Å². The first-order chi connectivity index (χ1) is 11.5. The van der Waals surface area contributed by atoms with Gasteiger partial charge in [-0.05, 0) is 17.5 Å². The van der Waals surface area contributed by atoms with Gasteiger partial charge in [-0.2, -0.15) is 0 Å². The number of hydrogen-bond acceptors (Lipinski definition) is 4. The first-order valence-corrected chi connectivity index (χ1v) is 7.71. The molecule has 1 aromatic carbocycles. The van der Waals surface area contributed by atoms with Crippen molar-refractivity contribution in [3.05, 3.63) is 59.8 Å².